The molecule has 0 unspecified atom stereocenters. The average Bonchev–Trinajstić information content (AvgIpc) is 2.86. The molecule has 25 heavy (non-hydrogen) atoms. The van der Waals surface area contributed by atoms with Gasteiger partial charge in [0, 0.05) is 51.0 Å². The number of hydrogen-bond acceptors (Lipinski definition) is 3. The van der Waals surface area contributed by atoms with E-state index in [0.717, 1.165) is 50.7 Å². The summed E-state index contributed by atoms with van der Waals surface area (Å²) in [4.78, 5) is 6.82. The maximum Gasteiger partial charge on any atom is 0.190 e. The van der Waals surface area contributed by atoms with Crippen molar-refractivity contribution in [2.75, 3.05) is 26.7 Å². The maximum absolute atomic E-state index is 4.49. The first-order valence-electron chi connectivity index (χ1n) is 9.56. The van der Waals surface area contributed by atoms with E-state index in [-0.39, 0.29) is 0 Å². The van der Waals surface area contributed by atoms with Crippen molar-refractivity contribution in [1.82, 2.24) is 25.3 Å². The van der Waals surface area contributed by atoms with Gasteiger partial charge in [0.25, 0.3) is 0 Å². The first-order valence-corrected chi connectivity index (χ1v) is 9.56. The molecule has 1 aromatic rings. The highest BCUT2D eigenvalue weighted by atomic mass is 15.3. The van der Waals surface area contributed by atoms with Crippen molar-refractivity contribution in [1.29, 1.82) is 0 Å². The summed E-state index contributed by atoms with van der Waals surface area (Å²) < 4.78 is 2.07. The molecule has 0 aromatic carbocycles. The summed E-state index contributed by atoms with van der Waals surface area (Å²) in [5.74, 6) is 0.883. The molecule has 0 bridgehead atoms. The Bertz CT molecular complexity index is 510. The number of nitrogens with zero attached hydrogens (tertiary/aromatic N) is 4. The van der Waals surface area contributed by atoms with E-state index in [1.165, 1.54) is 5.69 Å². The van der Waals surface area contributed by atoms with E-state index >= 15 is 0 Å². The molecule has 2 N–H and O–H groups in total. The molecule has 6 nitrogen and oxygen atoms in total. The minimum Gasteiger partial charge on any atom is -0.356 e. The van der Waals surface area contributed by atoms with Gasteiger partial charge in [-0.05, 0) is 60.5 Å². The maximum atomic E-state index is 4.49. The Labute approximate surface area is 154 Å². The fourth-order valence-electron chi connectivity index (χ4n) is 3.14. The van der Waals surface area contributed by atoms with Gasteiger partial charge in [0.05, 0.1) is 5.69 Å². The second kappa shape index (κ2) is 11.1. The highest BCUT2D eigenvalue weighted by Gasteiger charge is 2.12. The van der Waals surface area contributed by atoms with Crippen molar-refractivity contribution in [3.63, 3.8) is 0 Å². The smallest absolute Gasteiger partial charge is 0.190 e. The van der Waals surface area contributed by atoms with Crippen LogP contribution in [0.15, 0.2) is 11.1 Å². The lowest BCUT2D eigenvalue weighted by Gasteiger charge is -2.30. The minimum atomic E-state index is 0.590. The molecule has 1 heterocycles. The Kier molecular flexibility index (Phi) is 9.57. The normalized spacial score (nSPS) is 12.5. The lowest BCUT2D eigenvalue weighted by molar-refractivity contribution is 0.173. The molecule has 6 heteroatoms. The van der Waals surface area contributed by atoms with Crippen LogP contribution in [0.5, 0.6) is 0 Å². The summed E-state index contributed by atoms with van der Waals surface area (Å²) >= 11 is 0. The van der Waals surface area contributed by atoms with Crippen molar-refractivity contribution in [3.05, 3.63) is 17.5 Å². The molecule has 0 saturated carbocycles. The molecule has 0 amide bonds. The van der Waals surface area contributed by atoms with Crippen LogP contribution >= 0.6 is 0 Å². The Balaban J connectivity index is 2.21. The predicted octanol–water partition coefficient (Wildman–Crippen LogP) is 2.56. The fraction of sp³-hybridized carbons (Fsp3) is 0.789. The molecular formula is C19H38N6. The zero-order valence-electron chi connectivity index (χ0n) is 17.3. The van der Waals surface area contributed by atoms with E-state index in [4.69, 9.17) is 0 Å². The number of aryl methyl sites for hydroxylation is 3. The molecule has 0 aliphatic carbocycles. The third-order valence-corrected chi connectivity index (χ3v) is 4.38. The summed E-state index contributed by atoms with van der Waals surface area (Å²) in [5.41, 5.74) is 2.31. The van der Waals surface area contributed by atoms with E-state index < -0.39 is 0 Å². The summed E-state index contributed by atoms with van der Waals surface area (Å²) in [6, 6.07) is 3.30. The molecule has 0 aliphatic rings. The van der Waals surface area contributed by atoms with Gasteiger partial charge in [-0.1, -0.05) is 0 Å². The van der Waals surface area contributed by atoms with Crippen LogP contribution in [0.25, 0.3) is 0 Å². The first-order chi connectivity index (χ1) is 11.8. The number of aromatic nitrogens is 2. The topological polar surface area (TPSA) is 57.5 Å². The van der Waals surface area contributed by atoms with E-state index in [1.807, 2.05) is 14.0 Å². The second-order valence-corrected chi connectivity index (χ2v) is 7.21. The molecule has 0 aliphatic heterocycles. The van der Waals surface area contributed by atoms with Crippen molar-refractivity contribution in [2.24, 2.45) is 4.99 Å². The molecule has 144 valence electrons. The van der Waals surface area contributed by atoms with Crippen LogP contribution in [0.2, 0.25) is 0 Å². The Hall–Kier alpha value is -1.56. The highest BCUT2D eigenvalue weighted by molar-refractivity contribution is 5.79. The number of rotatable bonds is 10. The van der Waals surface area contributed by atoms with Crippen molar-refractivity contribution in [2.45, 2.75) is 73.0 Å². The first kappa shape index (κ1) is 21.5. The Morgan fingerprint density at radius 3 is 2.20 bits per heavy atom. The summed E-state index contributed by atoms with van der Waals surface area (Å²) in [7, 11) is 1.82. The van der Waals surface area contributed by atoms with Crippen LogP contribution in [0.3, 0.4) is 0 Å². The zero-order chi connectivity index (χ0) is 18.8. The van der Waals surface area contributed by atoms with Crippen LogP contribution < -0.4 is 10.6 Å². The van der Waals surface area contributed by atoms with E-state index in [2.05, 4.69) is 71.0 Å². The molecule has 0 spiro atoms. The highest BCUT2D eigenvalue weighted by Crippen LogP contribution is 2.05. The van der Waals surface area contributed by atoms with Crippen LogP contribution in [-0.4, -0.2) is 59.4 Å². The van der Waals surface area contributed by atoms with Gasteiger partial charge >= 0.3 is 0 Å². The number of nitrogens with one attached hydrogen (secondary N) is 2. The Morgan fingerprint density at radius 1 is 1.12 bits per heavy atom. The minimum absolute atomic E-state index is 0.590. The zero-order valence-corrected chi connectivity index (χ0v) is 17.3. The molecule has 0 fully saturated rings. The van der Waals surface area contributed by atoms with Gasteiger partial charge in [-0.3, -0.25) is 14.6 Å². The van der Waals surface area contributed by atoms with Crippen molar-refractivity contribution < 1.29 is 0 Å². The average molecular weight is 351 g/mol. The molecular weight excluding hydrogens is 312 g/mol. The summed E-state index contributed by atoms with van der Waals surface area (Å²) in [5, 5.41) is 11.3. The summed E-state index contributed by atoms with van der Waals surface area (Å²) in [6.07, 6.45) is 2.14. The number of aliphatic imine (C=N–C) groups is 1. The molecule has 0 atom stereocenters. The van der Waals surface area contributed by atoms with Gasteiger partial charge in [-0.25, -0.2) is 0 Å². The molecule has 1 aromatic heterocycles. The largest absolute Gasteiger partial charge is 0.356 e. The molecule has 1 rings (SSSR count). The van der Waals surface area contributed by atoms with Gasteiger partial charge in [-0.15, -0.1) is 0 Å². The standard InChI is InChI=1S/C19H38N6/c1-15(2)24(16(3)4)12-8-10-21-19(20-7)22-11-9-13-25-18(6)14-17(5)23-25/h14-16H,8-13H2,1-7H3,(H2,20,21,22). The van der Waals surface area contributed by atoms with E-state index in [0.29, 0.717) is 12.1 Å². The SMILES string of the molecule is CN=C(NCCCN(C(C)C)C(C)C)NCCCn1nc(C)cc1C. The molecule has 0 radical (unpaired) electrons. The van der Waals surface area contributed by atoms with Crippen molar-refractivity contribution >= 4 is 5.96 Å². The van der Waals surface area contributed by atoms with Gasteiger partial charge in [0.2, 0.25) is 0 Å². The van der Waals surface area contributed by atoms with Gasteiger partial charge < -0.3 is 10.6 Å². The quantitative estimate of drug-likeness (QED) is 0.387. The predicted molar refractivity (Wildman–Crippen MR) is 107 cm³/mol. The van der Waals surface area contributed by atoms with Crippen molar-refractivity contribution in [3.8, 4) is 0 Å². The number of hydrogen-bond donors (Lipinski definition) is 2. The monoisotopic (exact) mass is 350 g/mol. The second-order valence-electron chi connectivity index (χ2n) is 7.21. The van der Waals surface area contributed by atoms with E-state index in [1.54, 1.807) is 0 Å². The van der Waals surface area contributed by atoms with Crippen LogP contribution in [0.4, 0.5) is 0 Å². The lowest BCUT2D eigenvalue weighted by Crippen LogP contribution is -2.41. The number of guanidine groups is 1. The summed E-state index contributed by atoms with van der Waals surface area (Å²) in [6.45, 7) is 17.0. The fourth-order valence-corrected chi connectivity index (χ4v) is 3.14. The Morgan fingerprint density at radius 2 is 1.72 bits per heavy atom. The lowest BCUT2D eigenvalue weighted by atomic mass is 10.2. The van der Waals surface area contributed by atoms with Gasteiger partial charge in [0.1, 0.15) is 0 Å². The van der Waals surface area contributed by atoms with E-state index in [9.17, 15) is 0 Å². The van der Waals surface area contributed by atoms with Crippen LogP contribution in [-0.2, 0) is 6.54 Å². The molecule has 0 saturated heterocycles. The third kappa shape index (κ3) is 7.90. The van der Waals surface area contributed by atoms with Gasteiger partial charge in [-0.2, -0.15) is 5.10 Å². The van der Waals surface area contributed by atoms with Crippen LogP contribution in [0.1, 0.15) is 51.9 Å². The van der Waals surface area contributed by atoms with Gasteiger partial charge in [0.15, 0.2) is 5.96 Å². The third-order valence-electron chi connectivity index (χ3n) is 4.38. The van der Waals surface area contributed by atoms with Crippen LogP contribution in [0, 0.1) is 13.8 Å².